The van der Waals surface area contributed by atoms with E-state index in [4.69, 9.17) is 101 Å². The summed E-state index contributed by atoms with van der Waals surface area (Å²) in [5.41, 5.74) is 12.9. The molecular weight excluding hydrogens is 1950 g/mol. The third-order valence-corrected chi connectivity index (χ3v) is 45.4. The van der Waals surface area contributed by atoms with Gasteiger partial charge in [0.1, 0.15) is 5.75 Å². The molecule has 0 fully saturated rings. The van der Waals surface area contributed by atoms with Crippen molar-refractivity contribution in [3.63, 3.8) is 0 Å². The highest BCUT2D eigenvalue weighted by Crippen LogP contribution is 2.57. The molecule has 0 aromatic heterocycles. The summed E-state index contributed by atoms with van der Waals surface area (Å²) in [4.78, 5) is 81.2. The number of hydrogen-bond acceptors (Lipinski definition) is 20. The topological polar surface area (TPSA) is 246 Å². The summed E-state index contributed by atoms with van der Waals surface area (Å²) in [6.45, 7) is 116. The molecule has 0 radical (unpaired) electrons. The fourth-order valence-corrected chi connectivity index (χ4v) is 45.8. The number of carbonyl (C=O) groups is 5. The zero-order valence-corrected chi connectivity index (χ0v) is 103. The number of nitrogens with zero attached hydrogens (tertiary/aromatic N) is 5. The van der Waals surface area contributed by atoms with Crippen LogP contribution in [0.25, 0.3) is 52.1 Å². The highest BCUT2D eigenvalue weighted by Gasteiger charge is 2.49. The molecule has 5 aliphatic rings. The maximum atomic E-state index is 13.2. The first-order valence-corrected chi connectivity index (χ1v) is 69.2. The fourth-order valence-electron chi connectivity index (χ4n) is 19.9. The van der Waals surface area contributed by atoms with Crippen molar-refractivity contribution >= 4 is 108 Å². The second-order valence-corrected chi connectivity index (χ2v) is 75.2. The summed E-state index contributed by atoms with van der Waals surface area (Å²) >= 11 is 0. The van der Waals surface area contributed by atoms with E-state index >= 15 is 0 Å². The van der Waals surface area contributed by atoms with Crippen molar-refractivity contribution < 1.29 is 92.5 Å². The highest BCUT2D eigenvalue weighted by atomic mass is 28.5. The van der Waals surface area contributed by atoms with E-state index in [1.54, 1.807) is 49.8 Å². The fraction of sp³-hybridized carbons (Fsp3) is 0.569. The van der Waals surface area contributed by atoms with Crippen LogP contribution >= 0.6 is 0 Å². The van der Waals surface area contributed by atoms with Gasteiger partial charge >= 0.3 is 29.1 Å². The maximum absolute atomic E-state index is 13.2. The molecule has 2 unspecified atom stereocenters. The van der Waals surface area contributed by atoms with Crippen molar-refractivity contribution in [3.8, 4) is 51.7 Å². The van der Waals surface area contributed by atoms with Gasteiger partial charge in [-0.3, -0.25) is 9.59 Å². The minimum atomic E-state index is -2.41. The molecule has 0 saturated heterocycles. The van der Waals surface area contributed by atoms with E-state index in [9.17, 15) is 24.0 Å². The number of benzene rings is 5. The van der Waals surface area contributed by atoms with E-state index in [2.05, 4.69) is 211 Å². The van der Waals surface area contributed by atoms with Gasteiger partial charge in [-0.15, -0.1) is 0 Å². The van der Waals surface area contributed by atoms with Crippen molar-refractivity contribution in [3.05, 3.63) is 207 Å². The van der Waals surface area contributed by atoms with E-state index in [-0.39, 0.29) is 84.7 Å². The van der Waals surface area contributed by atoms with Gasteiger partial charge in [0.05, 0.1) is 110 Å². The summed E-state index contributed by atoms with van der Waals surface area (Å²) in [5, 5.41) is 0. The zero-order valence-electron chi connectivity index (χ0n) is 97.1. The van der Waals surface area contributed by atoms with E-state index in [1.807, 2.05) is 125 Å². The molecule has 25 nitrogen and oxygen atoms in total. The van der Waals surface area contributed by atoms with Crippen LogP contribution < -0.4 is 42.6 Å². The van der Waals surface area contributed by atoms with Gasteiger partial charge < -0.3 is 82.9 Å². The molecule has 802 valence electrons. The number of fused-ring (bicyclic) bond motifs is 5. The van der Waals surface area contributed by atoms with Gasteiger partial charge in [-0.2, -0.15) is 0 Å². The number of hydrogen-bond donors (Lipinski definition) is 0. The highest BCUT2D eigenvalue weighted by molar-refractivity contribution is 6.88. The van der Waals surface area contributed by atoms with Gasteiger partial charge in [0, 0.05) is 16.2 Å². The Morgan fingerprint density at radius 3 is 0.755 bits per heavy atom. The van der Waals surface area contributed by atoms with Crippen LogP contribution in [0.4, 0.5) is 0 Å². The summed E-state index contributed by atoms with van der Waals surface area (Å²) in [5.74, 6) is 4.78. The standard InChI is InChI=1S/C30H51NO5Si3.C27H45NO6Si3.C20H25NO3.C20H25NO2.C19H23NO4/c1-21(20-39(15,35-37(9,10)11)36-38(12,13)14)19-34-26-16-22-23(27(31-7)28(32)29(2,3)4)18-30(5,6)24(22)17-25(26)33-8;1-19(18-37(13,33-35(7,8)9)34-36(10,11)12)17-32-24-14-20-21(25(28-4)26(29)31-6)16-27(2,3)22(20)15-23(24)30-5;1-19(2,3)18(22)17(21-6)13-11-20(4,5)14-10-16(24-8)15(23-7)9-12(13)14;1-12-9-13-14(17(21-7)18(22)19(2,3)4)11-20(5,6)15(13)10-16(12)23-8;1-7-8-24-18(21)17(20-4)13-11-19(2,3)14-10-16(23-6)15(22-5)9-12(13)14/h16-17,21H,18-20H2,1-6,8-15H3;14-15,19H,16-18H2,1-3,5-13H3;9-10H,11H2,1-5,7-8H3;9-10H,11H2,1-6,8H3;9-10H,7-8,11H2,1-3,5-6H3/b27-23-;25-21-;17-13-;17-14-;17-13-. The molecule has 0 amide bonds. The normalized spacial score (nSPS) is 17.6. The van der Waals surface area contributed by atoms with Crippen LogP contribution in [0.15, 0.2) is 89.1 Å². The van der Waals surface area contributed by atoms with Gasteiger partial charge in [0.25, 0.3) is 11.4 Å². The smallest absolute Gasteiger partial charge is 0.336 e. The summed E-state index contributed by atoms with van der Waals surface area (Å²) in [6, 6.07) is 21.3. The predicted molar refractivity (Wildman–Crippen MR) is 605 cm³/mol. The average Bonchev–Trinajstić information content (AvgIpc) is 1.60. The molecule has 31 heteroatoms. The number of methoxy groups -OCH3 is 8. The van der Waals surface area contributed by atoms with Crippen LogP contribution in [0.2, 0.25) is 104 Å². The average molecular weight is 2120 g/mol. The number of ether oxygens (including phenoxy) is 11. The van der Waals surface area contributed by atoms with Crippen LogP contribution in [-0.2, 0) is 77.0 Å². The quantitative estimate of drug-likeness (QED) is 0.0168. The first kappa shape index (κ1) is 125. The van der Waals surface area contributed by atoms with E-state index in [0.29, 0.717) is 109 Å². The lowest BCUT2D eigenvalue weighted by molar-refractivity contribution is -0.138. The summed E-state index contributed by atoms with van der Waals surface area (Å²) in [6.07, 6.45) is 3.85. The first-order chi connectivity index (χ1) is 67.3. The van der Waals surface area contributed by atoms with Crippen LogP contribution in [0.5, 0.6) is 51.7 Å². The Hall–Kier alpha value is -10.5. The molecule has 5 aromatic carbocycles. The van der Waals surface area contributed by atoms with Crippen molar-refractivity contribution in [2.45, 2.75) is 329 Å². The van der Waals surface area contributed by atoms with Crippen LogP contribution in [-0.4, -0.2) is 156 Å². The molecule has 2 atom stereocenters. The van der Waals surface area contributed by atoms with Crippen LogP contribution in [0.3, 0.4) is 0 Å². The van der Waals surface area contributed by atoms with Crippen LogP contribution in [0.1, 0.15) is 252 Å². The van der Waals surface area contributed by atoms with Crippen molar-refractivity contribution in [2.75, 3.05) is 76.7 Å². The largest absolute Gasteiger partial charge is 0.496 e. The first-order valence-electron chi connectivity index (χ1n) is 50.5. The molecule has 5 aliphatic carbocycles. The van der Waals surface area contributed by atoms with Crippen molar-refractivity contribution in [2.24, 2.45) is 28.1 Å². The van der Waals surface area contributed by atoms with E-state index < -0.39 is 78.6 Å². The van der Waals surface area contributed by atoms with Gasteiger partial charge in [-0.05, 0) is 338 Å². The maximum Gasteiger partial charge on any atom is 0.336 e. The number of esters is 2. The molecule has 147 heavy (non-hydrogen) atoms. The Morgan fingerprint density at radius 2 is 0.537 bits per heavy atom. The molecule has 0 aliphatic heterocycles. The van der Waals surface area contributed by atoms with Gasteiger partial charge in [-0.25, -0.2) is 24.2 Å². The molecule has 0 spiro atoms. The Balaban J connectivity index is 0.000000286. The monoisotopic (exact) mass is 2120 g/mol. The summed E-state index contributed by atoms with van der Waals surface area (Å²) in [7, 11) is 0.629. The lowest BCUT2D eigenvalue weighted by Gasteiger charge is -2.39. The Labute approximate surface area is 886 Å². The third kappa shape index (κ3) is 31.6. The van der Waals surface area contributed by atoms with Gasteiger partial charge in [-0.1, -0.05) is 152 Å². The third-order valence-electron chi connectivity index (χ3n) is 25.8. The van der Waals surface area contributed by atoms with E-state index in [1.165, 1.54) is 7.11 Å². The SMILES string of the molecule is [C-]#[N+]/C(C(=O)C(C)(C)C)=C1/CC(C)(C)c2cc(OC)c(C)cc21.[C-]#[N+]/C(C(=O)C(C)(C)C)=C1/CC(C)(C)c2cc(OC)c(OC)cc21.[C-]#[N+]/C(C(=O)C(C)(C)C)=C1/CC(C)(C)c2cc(OC)c(OCC(C)C[Si](C)(O[Si](C)(C)C)O[Si](C)(C)C)cc21.[C-]#[N+]/C(C(=O)OC)=C1/CC(C)(C)c2cc(OC)c(OCC(C)C[Si](C)(O[Si](C)(C)C)O[Si](C)(C)C)cc21.[C-]#[N+]/C(C(=O)OCCC)=C1/CC(C)(C)c2cc(OC)c(OC)cc21. The molecule has 0 saturated carbocycles. The second kappa shape index (κ2) is 48.2. The number of rotatable bonds is 32. The lowest BCUT2D eigenvalue weighted by Crippen LogP contribution is -2.53. The minimum Gasteiger partial charge on any atom is -0.496 e. The van der Waals surface area contributed by atoms with Gasteiger partial charge in [0.2, 0.25) is 17.1 Å². The minimum absolute atomic E-state index is 0.0209. The number of aryl methyl sites for hydroxylation is 1. The predicted octanol–water partition coefficient (Wildman–Crippen LogP) is 28.9. The van der Waals surface area contributed by atoms with E-state index in [0.717, 1.165) is 102 Å². The Kier molecular flexibility index (Phi) is 41.1. The number of allylic oxidation sites excluding steroid dienone is 8. The lowest BCUT2D eigenvalue weighted by atomic mass is 9.85. The zero-order chi connectivity index (χ0) is 112. The van der Waals surface area contributed by atoms with Crippen molar-refractivity contribution in [1.82, 2.24) is 0 Å². The summed E-state index contributed by atoms with van der Waals surface area (Å²) < 4.78 is 88.0. The molecule has 0 heterocycles. The number of ketones is 3. The number of carbonyl (C=O) groups excluding carboxylic acids is 5. The van der Waals surface area contributed by atoms with Crippen LogP contribution in [0, 0.1) is 67.9 Å². The van der Waals surface area contributed by atoms with Crippen molar-refractivity contribution in [1.29, 1.82) is 0 Å². The Morgan fingerprint density at radius 1 is 0.327 bits per heavy atom. The molecular formula is C116H169N5O20Si6. The molecule has 0 N–H and O–H groups in total. The molecule has 0 bridgehead atoms. The molecule has 10 rings (SSSR count). The number of Topliss-reactive ketones (excluding diaryl/α,β-unsaturated/α-hetero) is 3. The Bertz CT molecular complexity index is 6130. The molecule has 5 aromatic rings. The second-order valence-electron chi connectivity index (χ2n) is 49.7. The van der Waals surface area contributed by atoms with Gasteiger partial charge in [0.15, 0.2) is 96.6 Å².